The molecule has 2 aromatic rings. The number of hydrogen-bond acceptors (Lipinski definition) is 3. The van der Waals surface area contributed by atoms with Crippen LogP contribution < -0.4 is 10.6 Å². The fourth-order valence-electron chi connectivity index (χ4n) is 2.92. The van der Waals surface area contributed by atoms with Crippen molar-refractivity contribution in [2.45, 2.75) is 19.0 Å². The van der Waals surface area contributed by atoms with E-state index in [0.29, 0.717) is 24.2 Å². The van der Waals surface area contributed by atoms with Gasteiger partial charge in [0.15, 0.2) is 0 Å². The highest BCUT2D eigenvalue weighted by Gasteiger charge is 2.42. The zero-order chi connectivity index (χ0) is 15.0. The Morgan fingerprint density at radius 2 is 2.05 bits per heavy atom. The van der Waals surface area contributed by atoms with Gasteiger partial charge in [0.1, 0.15) is 0 Å². The second-order valence-corrected chi connectivity index (χ2v) is 5.40. The van der Waals surface area contributed by atoms with Gasteiger partial charge in [-0.05, 0) is 25.0 Å². The van der Waals surface area contributed by atoms with Crippen molar-refractivity contribution < 1.29 is 13.2 Å². The van der Waals surface area contributed by atoms with E-state index in [4.69, 9.17) is 5.73 Å². The molecule has 1 unspecified atom stereocenters. The van der Waals surface area contributed by atoms with Crippen LogP contribution in [0.15, 0.2) is 30.5 Å². The van der Waals surface area contributed by atoms with E-state index in [1.165, 1.54) is 0 Å². The third kappa shape index (κ3) is 2.62. The first-order chi connectivity index (χ1) is 9.97. The largest absolute Gasteiger partial charge is 0.397 e. The van der Waals surface area contributed by atoms with Gasteiger partial charge in [-0.3, -0.25) is 4.98 Å². The van der Waals surface area contributed by atoms with Crippen LogP contribution in [-0.4, -0.2) is 24.2 Å². The van der Waals surface area contributed by atoms with E-state index < -0.39 is 12.1 Å². The fraction of sp³-hybridized carbons (Fsp3) is 0.400. The van der Waals surface area contributed by atoms with Gasteiger partial charge in [0, 0.05) is 30.4 Å². The Morgan fingerprint density at radius 1 is 1.24 bits per heavy atom. The number of nitrogens with two attached hydrogens (primary N) is 1. The molecule has 1 aromatic heterocycles. The molecule has 21 heavy (non-hydrogen) atoms. The van der Waals surface area contributed by atoms with Crippen molar-refractivity contribution in [3.63, 3.8) is 0 Å². The minimum absolute atomic E-state index is 0.00257. The smallest absolute Gasteiger partial charge is 0.393 e. The number of nitrogens with zero attached hydrogens (tertiary/aromatic N) is 2. The molecule has 2 heterocycles. The summed E-state index contributed by atoms with van der Waals surface area (Å²) in [7, 11) is 0. The van der Waals surface area contributed by atoms with Crippen molar-refractivity contribution in [1.29, 1.82) is 0 Å². The van der Waals surface area contributed by atoms with Crippen molar-refractivity contribution in [3.8, 4) is 0 Å². The summed E-state index contributed by atoms with van der Waals surface area (Å²) < 4.78 is 38.8. The van der Waals surface area contributed by atoms with Crippen LogP contribution in [0, 0.1) is 5.92 Å². The first-order valence-corrected chi connectivity index (χ1v) is 6.91. The summed E-state index contributed by atoms with van der Waals surface area (Å²) in [5.41, 5.74) is 7.85. The van der Waals surface area contributed by atoms with Crippen molar-refractivity contribution in [2.75, 3.05) is 23.7 Å². The van der Waals surface area contributed by atoms with E-state index in [0.717, 1.165) is 11.1 Å². The third-order valence-corrected chi connectivity index (χ3v) is 4.00. The lowest BCUT2D eigenvalue weighted by molar-refractivity contribution is -0.175. The Balaban J connectivity index is 1.99. The van der Waals surface area contributed by atoms with Gasteiger partial charge in [-0.1, -0.05) is 12.1 Å². The predicted molar refractivity (Wildman–Crippen MR) is 77.1 cm³/mol. The average Bonchev–Trinajstić information content (AvgIpc) is 2.46. The number of nitrogen functional groups attached to an aromatic ring is 1. The number of anilines is 2. The Hall–Kier alpha value is -1.98. The molecule has 1 atom stereocenters. The molecule has 0 spiro atoms. The van der Waals surface area contributed by atoms with Crippen LogP contribution in [0.3, 0.4) is 0 Å². The van der Waals surface area contributed by atoms with Gasteiger partial charge in [-0.2, -0.15) is 13.2 Å². The van der Waals surface area contributed by atoms with Gasteiger partial charge >= 0.3 is 6.18 Å². The molecule has 0 saturated carbocycles. The Bertz CT molecular complexity index is 654. The van der Waals surface area contributed by atoms with E-state index >= 15 is 0 Å². The standard InChI is InChI=1S/C15H16F3N3/c16-15(17,18)10-3-2-8-21(9-10)13-6-7-20-14-11(13)4-1-5-12(14)19/h1,4-7,10H,2-3,8-9,19H2. The molecular weight excluding hydrogens is 279 g/mol. The summed E-state index contributed by atoms with van der Waals surface area (Å²) >= 11 is 0. The molecule has 1 fully saturated rings. The van der Waals surface area contributed by atoms with Crippen LogP contribution in [0.2, 0.25) is 0 Å². The summed E-state index contributed by atoms with van der Waals surface area (Å²) in [5, 5.41) is 0.806. The van der Waals surface area contributed by atoms with Crippen molar-refractivity contribution in [2.24, 2.45) is 5.92 Å². The van der Waals surface area contributed by atoms with E-state index in [1.807, 2.05) is 6.07 Å². The van der Waals surface area contributed by atoms with E-state index in [-0.39, 0.29) is 13.0 Å². The SMILES string of the molecule is Nc1cccc2c(N3CCCC(C(F)(F)F)C3)ccnc12. The molecule has 1 aliphatic heterocycles. The molecule has 3 rings (SSSR count). The molecule has 112 valence electrons. The molecule has 2 N–H and O–H groups in total. The maximum absolute atomic E-state index is 12.9. The van der Waals surface area contributed by atoms with Crippen molar-refractivity contribution in [3.05, 3.63) is 30.5 Å². The number of rotatable bonds is 1. The zero-order valence-electron chi connectivity index (χ0n) is 11.4. The maximum Gasteiger partial charge on any atom is 0.393 e. The van der Waals surface area contributed by atoms with Gasteiger partial charge in [-0.15, -0.1) is 0 Å². The lowest BCUT2D eigenvalue weighted by Gasteiger charge is -2.35. The summed E-state index contributed by atoms with van der Waals surface area (Å²) in [6.45, 7) is 0.623. The van der Waals surface area contributed by atoms with Crippen LogP contribution in [0.5, 0.6) is 0 Å². The van der Waals surface area contributed by atoms with E-state index in [2.05, 4.69) is 4.98 Å². The van der Waals surface area contributed by atoms with Gasteiger partial charge in [0.25, 0.3) is 0 Å². The number of piperidine rings is 1. The second-order valence-electron chi connectivity index (χ2n) is 5.40. The molecule has 1 aromatic carbocycles. The highest BCUT2D eigenvalue weighted by Crippen LogP contribution is 2.37. The number of halogens is 3. The first kappa shape index (κ1) is 14.0. The Labute approximate surface area is 120 Å². The number of pyridine rings is 1. The summed E-state index contributed by atoms with van der Waals surface area (Å²) in [6.07, 6.45) is -1.80. The number of hydrogen-bond donors (Lipinski definition) is 1. The first-order valence-electron chi connectivity index (χ1n) is 6.91. The molecule has 0 bridgehead atoms. The lowest BCUT2D eigenvalue weighted by atomic mass is 9.96. The number of fused-ring (bicyclic) bond motifs is 1. The summed E-state index contributed by atoms with van der Waals surface area (Å²) in [5.74, 6) is -1.27. The number of para-hydroxylation sites is 1. The molecule has 0 amide bonds. The number of alkyl halides is 3. The summed E-state index contributed by atoms with van der Waals surface area (Å²) in [4.78, 5) is 6.03. The number of aromatic nitrogens is 1. The fourth-order valence-corrected chi connectivity index (χ4v) is 2.92. The minimum atomic E-state index is -4.14. The predicted octanol–water partition coefficient (Wildman–Crippen LogP) is 3.60. The molecule has 1 aliphatic rings. The normalized spacial score (nSPS) is 20.0. The molecule has 1 saturated heterocycles. The molecular formula is C15H16F3N3. The molecule has 3 nitrogen and oxygen atoms in total. The third-order valence-electron chi connectivity index (χ3n) is 4.00. The zero-order valence-corrected chi connectivity index (χ0v) is 11.4. The van der Waals surface area contributed by atoms with E-state index in [9.17, 15) is 13.2 Å². The maximum atomic E-state index is 12.9. The van der Waals surface area contributed by atoms with Crippen LogP contribution in [-0.2, 0) is 0 Å². The summed E-state index contributed by atoms with van der Waals surface area (Å²) in [6, 6.07) is 7.16. The van der Waals surface area contributed by atoms with Crippen LogP contribution in [0.25, 0.3) is 10.9 Å². The van der Waals surface area contributed by atoms with Crippen molar-refractivity contribution in [1.82, 2.24) is 4.98 Å². The van der Waals surface area contributed by atoms with Crippen LogP contribution >= 0.6 is 0 Å². The average molecular weight is 295 g/mol. The second kappa shape index (κ2) is 5.09. The molecule has 0 radical (unpaired) electrons. The topological polar surface area (TPSA) is 42.1 Å². The number of benzene rings is 1. The van der Waals surface area contributed by atoms with Gasteiger partial charge in [-0.25, -0.2) is 0 Å². The van der Waals surface area contributed by atoms with E-state index in [1.54, 1.807) is 29.3 Å². The van der Waals surface area contributed by atoms with Crippen molar-refractivity contribution >= 4 is 22.3 Å². The quantitative estimate of drug-likeness (QED) is 0.817. The lowest BCUT2D eigenvalue weighted by Crippen LogP contribution is -2.41. The minimum Gasteiger partial charge on any atom is -0.397 e. The van der Waals surface area contributed by atoms with Crippen LogP contribution in [0.1, 0.15) is 12.8 Å². The Kier molecular flexibility index (Phi) is 3.39. The highest BCUT2D eigenvalue weighted by molar-refractivity contribution is 5.98. The Morgan fingerprint density at radius 3 is 2.81 bits per heavy atom. The monoisotopic (exact) mass is 295 g/mol. The van der Waals surface area contributed by atoms with Crippen LogP contribution in [0.4, 0.5) is 24.5 Å². The molecule has 0 aliphatic carbocycles. The molecule has 6 heteroatoms. The van der Waals surface area contributed by atoms with Gasteiger partial charge in [0.05, 0.1) is 17.1 Å². The van der Waals surface area contributed by atoms with Gasteiger partial charge < -0.3 is 10.6 Å². The highest BCUT2D eigenvalue weighted by atomic mass is 19.4. The van der Waals surface area contributed by atoms with Gasteiger partial charge in [0.2, 0.25) is 0 Å².